The minimum Gasteiger partial charge on any atom is -0.444 e. The number of aliphatic imine (C=N–C) groups is 1. The molecule has 1 aromatic carbocycles. The quantitative estimate of drug-likeness (QED) is 0.396. The maximum Gasteiger partial charge on any atom is 0.226 e. The number of aryl methyl sites for hydroxylation is 1. The molecule has 0 radical (unpaired) electrons. The van der Waals surface area contributed by atoms with Crippen LogP contribution in [0.3, 0.4) is 0 Å². The number of ether oxygens (including phenoxy) is 1. The molecule has 2 fully saturated rings. The van der Waals surface area contributed by atoms with E-state index < -0.39 is 0 Å². The number of nitrogens with one attached hydrogen (secondary N) is 1. The molecule has 2 saturated heterocycles. The molecule has 0 amide bonds. The fourth-order valence-electron chi connectivity index (χ4n) is 3.88. The number of guanidine groups is 1. The van der Waals surface area contributed by atoms with Crippen LogP contribution in [0.2, 0.25) is 0 Å². The highest BCUT2D eigenvalue weighted by molar-refractivity contribution is 14.0. The van der Waals surface area contributed by atoms with Crippen molar-refractivity contribution in [3.63, 3.8) is 0 Å². The number of nitrogens with zero attached hydrogens (tertiary/aromatic N) is 3. The molecule has 2 aliphatic heterocycles. The first kappa shape index (κ1) is 21.1. The van der Waals surface area contributed by atoms with Gasteiger partial charge in [-0.25, -0.2) is 9.98 Å². The predicted molar refractivity (Wildman–Crippen MR) is 121 cm³/mol. The van der Waals surface area contributed by atoms with Crippen molar-refractivity contribution >= 4 is 29.9 Å². The average molecular weight is 496 g/mol. The molecule has 1 spiro atoms. The van der Waals surface area contributed by atoms with Gasteiger partial charge in [-0.15, -0.1) is 24.0 Å². The van der Waals surface area contributed by atoms with Crippen molar-refractivity contribution in [1.82, 2.24) is 15.2 Å². The van der Waals surface area contributed by atoms with E-state index >= 15 is 0 Å². The Morgan fingerprint density at radius 3 is 2.82 bits per heavy atom. The van der Waals surface area contributed by atoms with Crippen LogP contribution in [-0.4, -0.2) is 48.7 Å². The van der Waals surface area contributed by atoms with Crippen LogP contribution in [0.4, 0.5) is 0 Å². The summed E-state index contributed by atoms with van der Waals surface area (Å²) in [5.74, 6) is 1.61. The number of halogens is 1. The van der Waals surface area contributed by atoms with E-state index in [0.29, 0.717) is 17.9 Å². The van der Waals surface area contributed by atoms with E-state index in [4.69, 9.17) is 14.1 Å². The zero-order valence-corrected chi connectivity index (χ0v) is 18.9. The van der Waals surface area contributed by atoms with Gasteiger partial charge in [-0.3, -0.25) is 0 Å². The fourth-order valence-corrected chi connectivity index (χ4v) is 3.88. The standard InChI is InChI=1S/C21H28N4O2.HI/c1-3-22-20(25-10-8-21(14-25)9-11-26-15-21)23-12-18-13-27-19(24-18)17-6-4-16(2)5-7-17;/h4-7,13H,3,8-12,14-15H2,1-2H3,(H,22,23);1H. The lowest BCUT2D eigenvalue weighted by Crippen LogP contribution is -2.41. The zero-order chi connectivity index (χ0) is 18.7. The van der Waals surface area contributed by atoms with Gasteiger partial charge >= 0.3 is 0 Å². The maximum atomic E-state index is 5.65. The normalized spacial score (nSPS) is 21.9. The Hall–Kier alpha value is -1.61. The van der Waals surface area contributed by atoms with Crippen LogP contribution in [0.5, 0.6) is 0 Å². The van der Waals surface area contributed by atoms with E-state index in [1.807, 2.05) is 12.1 Å². The van der Waals surface area contributed by atoms with Crippen molar-refractivity contribution in [2.75, 3.05) is 32.8 Å². The molecule has 0 aliphatic carbocycles. The molecule has 152 valence electrons. The van der Waals surface area contributed by atoms with Crippen LogP contribution in [-0.2, 0) is 11.3 Å². The van der Waals surface area contributed by atoms with E-state index in [-0.39, 0.29) is 24.0 Å². The van der Waals surface area contributed by atoms with Gasteiger partial charge in [0, 0.05) is 37.2 Å². The number of hydrogen-bond acceptors (Lipinski definition) is 4. The second-order valence-electron chi connectivity index (χ2n) is 7.65. The van der Waals surface area contributed by atoms with Crippen molar-refractivity contribution in [3.8, 4) is 11.5 Å². The molecule has 3 heterocycles. The Balaban J connectivity index is 0.00000225. The molecule has 1 N–H and O–H groups in total. The smallest absolute Gasteiger partial charge is 0.226 e. The number of likely N-dealkylation sites (tertiary alicyclic amines) is 1. The van der Waals surface area contributed by atoms with Crippen molar-refractivity contribution in [3.05, 3.63) is 41.8 Å². The van der Waals surface area contributed by atoms with Gasteiger partial charge in [-0.05, 0) is 38.8 Å². The molecule has 0 bridgehead atoms. The Labute approximate surface area is 183 Å². The zero-order valence-electron chi connectivity index (χ0n) is 16.6. The second kappa shape index (κ2) is 9.26. The third-order valence-corrected chi connectivity index (χ3v) is 5.50. The molecule has 7 heteroatoms. The molecular weight excluding hydrogens is 467 g/mol. The second-order valence-corrected chi connectivity index (χ2v) is 7.65. The average Bonchev–Trinajstić information content (AvgIpc) is 3.42. The van der Waals surface area contributed by atoms with E-state index in [1.165, 1.54) is 12.0 Å². The summed E-state index contributed by atoms with van der Waals surface area (Å²) in [5.41, 5.74) is 3.38. The fraction of sp³-hybridized carbons (Fsp3) is 0.524. The molecule has 1 unspecified atom stereocenters. The first-order valence-corrected chi connectivity index (χ1v) is 9.80. The molecule has 0 saturated carbocycles. The predicted octanol–water partition coefficient (Wildman–Crippen LogP) is 3.85. The third-order valence-electron chi connectivity index (χ3n) is 5.50. The molecule has 2 aromatic rings. The lowest BCUT2D eigenvalue weighted by molar-refractivity contribution is 0.156. The summed E-state index contributed by atoms with van der Waals surface area (Å²) < 4.78 is 11.3. The van der Waals surface area contributed by atoms with E-state index in [2.05, 4.69) is 41.2 Å². The van der Waals surface area contributed by atoms with E-state index in [9.17, 15) is 0 Å². The molecule has 2 aliphatic rings. The van der Waals surface area contributed by atoms with Gasteiger partial charge in [-0.1, -0.05) is 17.7 Å². The summed E-state index contributed by atoms with van der Waals surface area (Å²) >= 11 is 0. The SMILES string of the molecule is CCNC(=NCc1coc(-c2ccc(C)cc2)n1)N1CCC2(CCOC2)C1.I. The summed E-state index contributed by atoms with van der Waals surface area (Å²) in [4.78, 5) is 11.8. The monoisotopic (exact) mass is 496 g/mol. The summed E-state index contributed by atoms with van der Waals surface area (Å²) in [6, 6.07) is 8.20. The van der Waals surface area contributed by atoms with Gasteiger partial charge in [-0.2, -0.15) is 0 Å². The highest BCUT2D eigenvalue weighted by Gasteiger charge is 2.42. The van der Waals surface area contributed by atoms with Gasteiger partial charge in [0.05, 0.1) is 13.2 Å². The largest absolute Gasteiger partial charge is 0.444 e. The highest BCUT2D eigenvalue weighted by atomic mass is 127. The molecule has 1 atom stereocenters. The van der Waals surface area contributed by atoms with Crippen LogP contribution >= 0.6 is 24.0 Å². The first-order valence-electron chi connectivity index (χ1n) is 9.80. The minimum atomic E-state index is 0. The molecule has 6 nitrogen and oxygen atoms in total. The molecule has 1 aromatic heterocycles. The van der Waals surface area contributed by atoms with Crippen LogP contribution in [0.25, 0.3) is 11.5 Å². The lowest BCUT2D eigenvalue weighted by atomic mass is 9.87. The number of hydrogen-bond donors (Lipinski definition) is 1. The van der Waals surface area contributed by atoms with Crippen LogP contribution < -0.4 is 5.32 Å². The van der Waals surface area contributed by atoms with Crippen molar-refractivity contribution < 1.29 is 9.15 Å². The van der Waals surface area contributed by atoms with Crippen molar-refractivity contribution in [1.29, 1.82) is 0 Å². The summed E-state index contributed by atoms with van der Waals surface area (Å²) in [7, 11) is 0. The third kappa shape index (κ3) is 4.68. The van der Waals surface area contributed by atoms with Crippen LogP contribution in [0.1, 0.15) is 31.0 Å². The topological polar surface area (TPSA) is 62.9 Å². The number of benzene rings is 1. The van der Waals surface area contributed by atoms with E-state index in [0.717, 1.165) is 56.5 Å². The Bertz CT molecular complexity index is 797. The van der Waals surface area contributed by atoms with Crippen molar-refractivity contribution in [2.24, 2.45) is 10.4 Å². The van der Waals surface area contributed by atoms with Gasteiger partial charge in [0.1, 0.15) is 12.0 Å². The van der Waals surface area contributed by atoms with Gasteiger partial charge < -0.3 is 19.4 Å². The summed E-state index contributed by atoms with van der Waals surface area (Å²) in [5, 5.41) is 3.42. The summed E-state index contributed by atoms with van der Waals surface area (Å²) in [6.07, 6.45) is 4.05. The number of rotatable bonds is 4. The highest BCUT2D eigenvalue weighted by Crippen LogP contribution is 2.38. The Morgan fingerprint density at radius 2 is 2.11 bits per heavy atom. The Morgan fingerprint density at radius 1 is 1.29 bits per heavy atom. The number of oxazole rings is 1. The van der Waals surface area contributed by atoms with Gasteiger partial charge in [0.2, 0.25) is 5.89 Å². The van der Waals surface area contributed by atoms with E-state index in [1.54, 1.807) is 6.26 Å². The van der Waals surface area contributed by atoms with Crippen LogP contribution in [0, 0.1) is 12.3 Å². The maximum absolute atomic E-state index is 5.65. The minimum absolute atomic E-state index is 0. The molecular formula is C21H29IN4O2. The summed E-state index contributed by atoms with van der Waals surface area (Å²) in [6.45, 7) is 9.36. The first-order chi connectivity index (χ1) is 13.2. The van der Waals surface area contributed by atoms with Crippen molar-refractivity contribution in [2.45, 2.75) is 33.2 Å². The molecule has 28 heavy (non-hydrogen) atoms. The van der Waals surface area contributed by atoms with Gasteiger partial charge in [0.15, 0.2) is 5.96 Å². The molecule has 4 rings (SSSR count). The van der Waals surface area contributed by atoms with Gasteiger partial charge in [0.25, 0.3) is 0 Å². The Kier molecular flexibility index (Phi) is 6.98. The number of aromatic nitrogens is 1. The lowest BCUT2D eigenvalue weighted by Gasteiger charge is -2.24. The van der Waals surface area contributed by atoms with Crippen LogP contribution in [0.15, 0.2) is 39.9 Å².